The van der Waals surface area contributed by atoms with Crippen molar-refractivity contribution in [1.29, 1.82) is 0 Å². The Morgan fingerprint density at radius 1 is 0.775 bits per heavy atom. The number of hydrogen-bond donors (Lipinski definition) is 2. The van der Waals surface area contributed by atoms with Gasteiger partial charge in [-0.25, -0.2) is 0 Å². The molecular formula is C32H28N2O5S. The molecule has 4 aromatic carbocycles. The molecule has 0 heterocycles. The summed E-state index contributed by atoms with van der Waals surface area (Å²) < 4.78 is 10.6. The Morgan fingerprint density at radius 3 is 2.20 bits per heavy atom. The molecule has 4 aromatic rings. The molecule has 40 heavy (non-hydrogen) atoms. The van der Waals surface area contributed by atoms with Gasteiger partial charge >= 0.3 is 0 Å². The zero-order chi connectivity index (χ0) is 28.3. The van der Waals surface area contributed by atoms with Crippen molar-refractivity contribution < 1.29 is 23.9 Å². The Morgan fingerprint density at radius 2 is 1.48 bits per heavy atom. The lowest BCUT2D eigenvalue weighted by Gasteiger charge is -2.13. The smallest absolute Gasteiger partial charge is 0.272 e. The van der Waals surface area contributed by atoms with E-state index < -0.39 is 11.8 Å². The van der Waals surface area contributed by atoms with Gasteiger partial charge in [-0.05, 0) is 60.7 Å². The van der Waals surface area contributed by atoms with Crippen molar-refractivity contribution in [2.75, 3.05) is 25.3 Å². The van der Waals surface area contributed by atoms with Crippen LogP contribution in [-0.2, 0) is 4.79 Å². The summed E-state index contributed by atoms with van der Waals surface area (Å²) in [6, 6.07) is 30.1. The van der Waals surface area contributed by atoms with Gasteiger partial charge in [0.15, 0.2) is 5.78 Å². The van der Waals surface area contributed by atoms with Crippen molar-refractivity contribution >= 4 is 41.1 Å². The molecule has 0 saturated heterocycles. The van der Waals surface area contributed by atoms with Gasteiger partial charge in [0.05, 0.1) is 20.0 Å². The van der Waals surface area contributed by atoms with E-state index in [4.69, 9.17) is 9.47 Å². The standard InChI is InChI=1S/C32H28N2O5S/c1-38-26-13-8-12-23(19-26)29(35)21-40-27-17-15-25(16-18-27)33-32(37)28(20-24-11-6-7-14-30(24)39-2)34-31(36)22-9-4-3-5-10-22/h3-20H,21H2,1-2H3,(H,33,37)(H,34,36)/b28-20-. The van der Waals surface area contributed by atoms with Crippen LogP contribution in [0.5, 0.6) is 11.5 Å². The number of methoxy groups -OCH3 is 2. The second-order valence-electron chi connectivity index (χ2n) is 8.54. The summed E-state index contributed by atoms with van der Waals surface area (Å²) in [5.74, 6) is 0.535. The number of Topliss-reactive ketones (excluding diaryl/α,β-unsaturated/α-hetero) is 1. The fraction of sp³-hybridized carbons (Fsp3) is 0.0938. The summed E-state index contributed by atoms with van der Waals surface area (Å²) in [6.07, 6.45) is 1.57. The maximum Gasteiger partial charge on any atom is 0.272 e. The minimum absolute atomic E-state index is 0.0124. The molecule has 2 amide bonds. The van der Waals surface area contributed by atoms with Crippen LogP contribution in [0.3, 0.4) is 0 Å². The molecular weight excluding hydrogens is 524 g/mol. The lowest BCUT2D eigenvalue weighted by atomic mass is 10.1. The van der Waals surface area contributed by atoms with E-state index in [2.05, 4.69) is 10.6 Å². The fourth-order valence-corrected chi connectivity index (χ4v) is 4.54. The number of ether oxygens (including phenoxy) is 2. The number of rotatable bonds is 11. The number of benzene rings is 4. The quantitative estimate of drug-likeness (QED) is 0.133. The van der Waals surface area contributed by atoms with E-state index in [1.165, 1.54) is 11.8 Å². The van der Waals surface area contributed by atoms with Crippen LogP contribution < -0.4 is 20.1 Å². The van der Waals surface area contributed by atoms with Gasteiger partial charge < -0.3 is 20.1 Å². The van der Waals surface area contributed by atoms with Crippen LogP contribution >= 0.6 is 11.8 Å². The van der Waals surface area contributed by atoms with Crippen LogP contribution in [0, 0.1) is 0 Å². The van der Waals surface area contributed by atoms with Crippen LogP contribution in [-0.4, -0.2) is 37.6 Å². The molecule has 0 radical (unpaired) electrons. The number of ketones is 1. The summed E-state index contributed by atoms with van der Waals surface area (Å²) >= 11 is 1.40. The number of amides is 2. The lowest BCUT2D eigenvalue weighted by Crippen LogP contribution is -2.30. The Labute approximate surface area is 237 Å². The lowest BCUT2D eigenvalue weighted by molar-refractivity contribution is -0.113. The van der Waals surface area contributed by atoms with Crippen LogP contribution in [0.15, 0.2) is 114 Å². The van der Waals surface area contributed by atoms with Gasteiger partial charge in [0.25, 0.3) is 11.8 Å². The van der Waals surface area contributed by atoms with E-state index in [-0.39, 0.29) is 17.2 Å². The third-order valence-corrected chi connectivity index (χ3v) is 6.85. The molecule has 8 heteroatoms. The number of hydrogen-bond acceptors (Lipinski definition) is 6. The summed E-state index contributed by atoms with van der Waals surface area (Å²) in [5, 5.41) is 5.56. The van der Waals surface area contributed by atoms with Crippen LogP contribution in [0.25, 0.3) is 6.08 Å². The van der Waals surface area contributed by atoms with E-state index in [0.29, 0.717) is 33.9 Å². The molecule has 4 rings (SSSR count). The molecule has 0 aliphatic rings. The van der Waals surface area contributed by atoms with Crippen molar-refractivity contribution in [3.63, 3.8) is 0 Å². The van der Waals surface area contributed by atoms with Crippen LogP contribution in [0.2, 0.25) is 0 Å². The van der Waals surface area contributed by atoms with Gasteiger partial charge in [-0.1, -0.05) is 48.5 Å². The van der Waals surface area contributed by atoms with Gasteiger partial charge in [0.2, 0.25) is 0 Å². The third-order valence-electron chi connectivity index (χ3n) is 5.84. The maximum atomic E-state index is 13.3. The van der Waals surface area contributed by atoms with E-state index in [1.807, 2.05) is 30.3 Å². The van der Waals surface area contributed by atoms with Crippen LogP contribution in [0.1, 0.15) is 26.3 Å². The topological polar surface area (TPSA) is 93.7 Å². The normalized spacial score (nSPS) is 10.9. The minimum Gasteiger partial charge on any atom is -0.497 e. The molecule has 0 bridgehead atoms. The highest BCUT2D eigenvalue weighted by Crippen LogP contribution is 2.24. The number of para-hydroxylation sites is 1. The SMILES string of the molecule is COc1cccc(C(=O)CSc2ccc(NC(=O)/C(=C/c3ccccc3OC)NC(=O)c3ccccc3)cc2)c1. The van der Waals surface area contributed by atoms with E-state index in [9.17, 15) is 14.4 Å². The summed E-state index contributed by atoms with van der Waals surface area (Å²) in [6.45, 7) is 0. The van der Waals surface area contributed by atoms with Crippen molar-refractivity contribution in [2.24, 2.45) is 0 Å². The van der Waals surface area contributed by atoms with Gasteiger partial charge in [0.1, 0.15) is 17.2 Å². The highest BCUT2D eigenvalue weighted by Gasteiger charge is 2.16. The molecule has 0 aliphatic carbocycles. The Kier molecular flexibility index (Phi) is 9.74. The van der Waals surface area contributed by atoms with Gasteiger partial charge in [-0.3, -0.25) is 14.4 Å². The first-order valence-electron chi connectivity index (χ1n) is 12.4. The molecule has 2 N–H and O–H groups in total. The zero-order valence-electron chi connectivity index (χ0n) is 22.0. The average Bonchev–Trinajstić information content (AvgIpc) is 3.00. The van der Waals surface area contributed by atoms with Crippen molar-refractivity contribution in [2.45, 2.75) is 4.90 Å². The molecule has 0 saturated carbocycles. The molecule has 202 valence electrons. The molecule has 0 unspecified atom stereocenters. The fourth-order valence-electron chi connectivity index (χ4n) is 3.75. The average molecular weight is 553 g/mol. The molecule has 0 atom stereocenters. The summed E-state index contributed by atoms with van der Waals surface area (Å²) in [7, 11) is 3.10. The Bertz CT molecular complexity index is 1520. The number of nitrogens with one attached hydrogen (secondary N) is 2. The number of thioether (sulfide) groups is 1. The highest BCUT2D eigenvalue weighted by atomic mass is 32.2. The third kappa shape index (κ3) is 7.61. The predicted octanol–water partition coefficient (Wildman–Crippen LogP) is 6.09. The highest BCUT2D eigenvalue weighted by molar-refractivity contribution is 8.00. The zero-order valence-corrected chi connectivity index (χ0v) is 22.9. The largest absolute Gasteiger partial charge is 0.497 e. The van der Waals surface area contributed by atoms with Crippen molar-refractivity contribution in [1.82, 2.24) is 5.32 Å². The monoisotopic (exact) mass is 552 g/mol. The first kappa shape index (κ1) is 28.2. The molecule has 0 aromatic heterocycles. The van der Waals surface area contributed by atoms with Gasteiger partial charge in [-0.15, -0.1) is 11.8 Å². The van der Waals surface area contributed by atoms with Crippen molar-refractivity contribution in [3.05, 3.63) is 126 Å². The molecule has 0 spiro atoms. The van der Waals surface area contributed by atoms with E-state index in [0.717, 1.165) is 4.90 Å². The number of anilines is 1. The minimum atomic E-state index is -0.496. The second-order valence-corrected chi connectivity index (χ2v) is 9.59. The summed E-state index contributed by atoms with van der Waals surface area (Å²) in [5.41, 5.74) is 2.23. The number of carbonyl (C=O) groups excluding carboxylic acids is 3. The Balaban J connectivity index is 1.46. The molecule has 0 fully saturated rings. The second kappa shape index (κ2) is 13.8. The maximum absolute atomic E-state index is 13.3. The van der Waals surface area contributed by atoms with Crippen LogP contribution in [0.4, 0.5) is 5.69 Å². The van der Waals surface area contributed by atoms with E-state index in [1.54, 1.807) is 93.1 Å². The van der Waals surface area contributed by atoms with Gasteiger partial charge in [-0.2, -0.15) is 0 Å². The first-order chi connectivity index (χ1) is 19.5. The summed E-state index contributed by atoms with van der Waals surface area (Å²) in [4.78, 5) is 39.6. The first-order valence-corrected chi connectivity index (χ1v) is 13.4. The number of carbonyl (C=O) groups is 3. The molecule has 0 aliphatic heterocycles. The van der Waals surface area contributed by atoms with Crippen molar-refractivity contribution in [3.8, 4) is 11.5 Å². The predicted molar refractivity (Wildman–Crippen MR) is 158 cm³/mol. The Hall–Kier alpha value is -4.82. The molecule has 7 nitrogen and oxygen atoms in total. The van der Waals surface area contributed by atoms with E-state index >= 15 is 0 Å². The van der Waals surface area contributed by atoms with Gasteiger partial charge in [0, 0.05) is 27.3 Å².